The summed E-state index contributed by atoms with van der Waals surface area (Å²) in [5, 5.41) is 10.9. The van der Waals surface area contributed by atoms with Gasteiger partial charge in [-0.25, -0.2) is 0 Å². The quantitative estimate of drug-likeness (QED) is 0.777. The number of hydrogen-bond donors (Lipinski definition) is 0. The summed E-state index contributed by atoms with van der Waals surface area (Å²) in [7, 11) is 0. The van der Waals surface area contributed by atoms with Gasteiger partial charge in [0.25, 0.3) is 0 Å². The SMILES string of the molecule is Cc1cc(Sc2cccs2)ccc1C#N. The van der Waals surface area contributed by atoms with Gasteiger partial charge in [0, 0.05) is 4.90 Å². The summed E-state index contributed by atoms with van der Waals surface area (Å²) in [6.07, 6.45) is 0. The summed E-state index contributed by atoms with van der Waals surface area (Å²) in [5.41, 5.74) is 1.80. The molecule has 0 bridgehead atoms. The lowest BCUT2D eigenvalue weighted by atomic mass is 10.1. The van der Waals surface area contributed by atoms with Crippen LogP contribution in [-0.2, 0) is 0 Å². The van der Waals surface area contributed by atoms with Gasteiger partial charge >= 0.3 is 0 Å². The highest BCUT2D eigenvalue weighted by Crippen LogP contribution is 2.31. The summed E-state index contributed by atoms with van der Waals surface area (Å²) < 4.78 is 1.28. The molecule has 0 aliphatic rings. The first-order chi connectivity index (χ1) is 7.29. The second kappa shape index (κ2) is 4.52. The van der Waals surface area contributed by atoms with Gasteiger partial charge in [-0.1, -0.05) is 17.8 Å². The normalized spacial score (nSPS) is 9.87. The molecule has 2 rings (SSSR count). The number of rotatable bonds is 2. The molecule has 0 atom stereocenters. The third kappa shape index (κ3) is 2.41. The highest BCUT2D eigenvalue weighted by Gasteiger charge is 2.01. The van der Waals surface area contributed by atoms with Crippen molar-refractivity contribution in [1.29, 1.82) is 5.26 Å². The van der Waals surface area contributed by atoms with Crippen LogP contribution < -0.4 is 0 Å². The lowest BCUT2D eigenvalue weighted by Crippen LogP contribution is -1.81. The van der Waals surface area contributed by atoms with Gasteiger partial charge in [0.2, 0.25) is 0 Å². The molecular weight excluding hydrogens is 222 g/mol. The van der Waals surface area contributed by atoms with Crippen molar-refractivity contribution in [2.45, 2.75) is 16.0 Å². The molecule has 0 aliphatic carbocycles. The number of nitrogens with zero attached hydrogens (tertiary/aromatic N) is 1. The van der Waals surface area contributed by atoms with Gasteiger partial charge in [0.1, 0.15) is 0 Å². The molecule has 1 heterocycles. The van der Waals surface area contributed by atoms with Gasteiger partial charge in [-0.2, -0.15) is 5.26 Å². The summed E-state index contributed by atoms with van der Waals surface area (Å²) in [6, 6.07) is 12.3. The van der Waals surface area contributed by atoms with Crippen molar-refractivity contribution >= 4 is 23.1 Å². The maximum Gasteiger partial charge on any atom is 0.0994 e. The highest BCUT2D eigenvalue weighted by molar-refractivity contribution is 8.01. The van der Waals surface area contributed by atoms with Crippen LogP contribution in [0.5, 0.6) is 0 Å². The van der Waals surface area contributed by atoms with Crippen LogP contribution in [0.4, 0.5) is 0 Å². The monoisotopic (exact) mass is 231 g/mol. The van der Waals surface area contributed by atoms with Crippen LogP contribution in [-0.4, -0.2) is 0 Å². The number of nitriles is 1. The predicted molar refractivity (Wildman–Crippen MR) is 64.3 cm³/mol. The standard InChI is InChI=1S/C12H9NS2/c1-9-7-11(5-4-10(9)8-13)15-12-3-2-6-14-12/h2-7H,1H3. The molecule has 1 aromatic carbocycles. The van der Waals surface area contributed by atoms with E-state index in [0.29, 0.717) is 0 Å². The van der Waals surface area contributed by atoms with E-state index in [2.05, 4.69) is 23.6 Å². The molecule has 0 spiro atoms. The first-order valence-electron chi connectivity index (χ1n) is 4.52. The van der Waals surface area contributed by atoms with E-state index in [9.17, 15) is 0 Å². The zero-order valence-corrected chi connectivity index (χ0v) is 9.86. The molecule has 0 saturated heterocycles. The molecule has 0 fully saturated rings. The Balaban J connectivity index is 2.24. The predicted octanol–water partition coefficient (Wildman–Crippen LogP) is 4.08. The minimum Gasteiger partial charge on any atom is -0.192 e. The molecule has 1 aromatic heterocycles. The Morgan fingerprint density at radius 1 is 1.33 bits per heavy atom. The van der Waals surface area contributed by atoms with Crippen molar-refractivity contribution in [3.8, 4) is 6.07 Å². The van der Waals surface area contributed by atoms with Gasteiger partial charge in [0.15, 0.2) is 0 Å². The van der Waals surface area contributed by atoms with Gasteiger partial charge in [0.05, 0.1) is 15.8 Å². The van der Waals surface area contributed by atoms with Crippen molar-refractivity contribution in [3.63, 3.8) is 0 Å². The minimum atomic E-state index is 0.755. The van der Waals surface area contributed by atoms with Crippen LogP contribution in [0.15, 0.2) is 44.8 Å². The zero-order chi connectivity index (χ0) is 10.7. The van der Waals surface area contributed by atoms with E-state index < -0.39 is 0 Å². The lowest BCUT2D eigenvalue weighted by Gasteiger charge is -2.01. The Kier molecular flexibility index (Phi) is 3.10. The summed E-state index contributed by atoms with van der Waals surface area (Å²) in [6.45, 7) is 1.97. The highest BCUT2D eigenvalue weighted by atomic mass is 32.2. The first-order valence-corrected chi connectivity index (χ1v) is 6.21. The molecule has 0 saturated carbocycles. The van der Waals surface area contributed by atoms with Crippen LogP contribution in [0.3, 0.4) is 0 Å². The Bertz CT molecular complexity index is 495. The molecule has 2 aromatic rings. The first kappa shape index (κ1) is 10.3. The fraction of sp³-hybridized carbons (Fsp3) is 0.0833. The third-order valence-corrected chi connectivity index (χ3v) is 4.06. The average Bonchev–Trinajstić information content (AvgIpc) is 2.71. The van der Waals surface area contributed by atoms with Crippen molar-refractivity contribution in [1.82, 2.24) is 0 Å². The number of thiophene rings is 1. The Labute approximate surface area is 97.4 Å². The maximum atomic E-state index is 8.81. The van der Waals surface area contributed by atoms with Gasteiger partial charge in [-0.05, 0) is 42.1 Å². The molecular formula is C12H9NS2. The Morgan fingerprint density at radius 3 is 2.80 bits per heavy atom. The second-order valence-corrected chi connectivity index (χ2v) is 5.44. The molecule has 74 valence electrons. The molecule has 0 unspecified atom stereocenters. The smallest absolute Gasteiger partial charge is 0.0994 e. The fourth-order valence-corrected chi connectivity index (χ4v) is 3.11. The average molecular weight is 231 g/mol. The van der Waals surface area contributed by atoms with Crippen LogP contribution in [0.25, 0.3) is 0 Å². The van der Waals surface area contributed by atoms with Crippen molar-refractivity contribution in [3.05, 3.63) is 46.8 Å². The number of benzene rings is 1. The van der Waals surface area contributed by atoms with Crippen LogP contribution in [0, 0.1) is 18.3 Å². The van der Waals surface area contributed by atoms with Crippen LogP contribution in [0.1, 0.15) is 11.1 Å². The Morgan fingerprint density at radius 2 is 2.20 bits per heavy atom. The van der Waals surface area contributed by atoms with E-state index in [1.165, 1.54) is 9.10 Å². The molecule has 3 heteroatoms. The summed E-state index contributed by atoms with van der Waals surface area (Å²) in [4.78, 5) is 1.19. The van der Waals surface area contributed by atoms with Gasteiger partial charge < -0.3 is 0 Å². The van der Waals surface area contributed by atoms with Gasteiger partial charge in [-0.15, -0.1) is 11.3 Å². The van der Waals surface area contributed by atoms with E-state index >= 15 is 0 Å². The summed E-state index contributed by atoms with van der Waals surface area (Å²) >= 11 is 3.47. The summed E-state index contributed by atoms with van der Waals surface area (Å²) in [5.74, 6) is 0. The zero-order valence-electron chi connectivity index (χ0n) is 8.23. The topological polar surface area (TPSA) is 23.8 Å². The second-order valence-electron chi connectivity index (χ2n) is 3.12. The van der Waals surface area contributed by atoms with E-state index in [-0.39, 0.29) is 0 Å². The lowest BCUT2D eigenvalue weighted by molar-refractivity contribution is 1.32. The van der Waals surface area contributed by atoms with Crippen molar-refractivity contribution < 1.29 is 0 Å². The van der Waals surface area contributed by atoms with Crippen LogP contribution in [0.2, 0.25) is 0 Å². The largest absolute Gasteiger partial charge is 0.192 e. The number of aryl methyl sites for hydroxylation is 1. The van der Waals surface area contributed by atoms with Crippen LogP contribution >= 0.6 is 23.1 Å². The van der Waals surface area contributed by atoms with E-state index in [4.69, 9.17) is 5.26 Å². The van der Waals surface area contributed by atoms with Gasteiger partial charge in [-0.3, -0.25) is 0 Å². The van der Waals surface area contributed by atoms with Crippen molar-refractivity contribution in [2.75, 3.05) is 0 Å². The maximum absolute atomic E-state index is 8.81. The molecule has 0 N–H and O–H groups in total. The third-order valence-electron chi connectivity index (χ3n) is 2.03. The molecule has 0 aliphatic heterocycles. The number of hydrogen-bond acceptors (Lipinski definition) is 3. The minimum absolute atomic E-state index is 0.755. The van der Waals surface area contributed by atoms with E-state index in [1.807, 2.05) is 25.1 Å². The Hall–Kier alpha value is -1.24. The van der Waals surface area contributed by atoms with Crippen molar-refractivity contribution in [2.24, 2.45) is 0 Å². The molecule has 0 radical (unpaired) electrons. The van der Waals surface area contributed by atoms with E-state index in [0.717, 1.165) is 11.1 Å². The molecule has 15 heavy (non-hydrogen) atoms. The fourth-order valence-electron chi connectivity index (χ4n) is 1.26. The molecule has 0 amide bonds. The van der Waals surface area contributed by atoms with E-state index in [1.54, 1.807) is 23.1 Å². The molecule has 1 nitrogen and oxygen atoms in total.